The Labute approximate surface area is 176 Å². The predicted molar refractivity (Wildman–Crippen MR) is 113 cm³/mol. The Morgan fingerprint density at radius 2 is 1.50 bits per heavy atom. The van der Waals surface area contributed by atoms with E-state index < -0.39 is 11.2 Å². The summed E-state index contributed by atoms with van der Waals surface area (Å²) in [6.07, 6.45) is 2.14. The number of piperidine rings is 3. The number of benzene rings is 2. The second-order valence-electron chi connectivity index (χ2n) is 7.62. The van der Waals surface area contributed by atoms with E-state index in [-0.39, 0.29) is 0 Å². The Hall–Kier alpha value is -1.54. The molecule has 3 heterocycles. The molecule has 5 rings (SSSR count). The molecule has 3 nitrogen and oxygen atoms in total. The van der Waals surface area contributed by atoms with Crippen molar-refractivity contribution in [1.82, 2.24) is 4.90 Å². The Morgan fingerprint density at radius 3 is 1.89 bits per heavy atom. The summed E-state index contributed by atoms with van der Waals surface area (Å²) in [7, 11) is 1.72. The molecular formula is C23H23Cl2NO2. The quantitative estimate of drug-likeness (QED) is 0.756. The zero-order valence-corrected chi connectivity index (χ0v) is 17.3. The Kier molecular flexibility index (Phi) is 5.44. The molecule has 0 saturated carbocycles. The number of methoxy groups -OCH3 is 1. The van der Waals surface area contributed by atoms with Crippen LogP contribution in [-0.4, -0.2) is 42.4 Å². The van der Waals surface area contributed by atoms with E-state index >= 15 is 0 Å². The fourth-order valence-corrected chi connectivity index (χ4v) is 4.58. The minimum absolute atomic E-state index is 0.384. The fraction of sp³-hybridized carbons (Fsp3) is 0.391. The highest BCUT2D eigenvalue weighted by atomic mass is 35.5. The van der Waals surface area contributed by atoms with Gasteiger partial charge < -0.3 is 9.84 Å². The van der Waals surface area contributed by atoms with Crippen LogP contribution < -0.4 is 0 Å². The predicted octanol–water partition coefficient (Wildman–Crippen LogP) is 4.34. The molecule has 1 atom stereocenters. The van der Waals surface area contributed by atoms with Crippen LogP contribution in [0.1, 0.15) is 24.0 Å². The molecule has 3 aliphatic rings. The third-order valence-corrected chi connectivity index (χ3v) is 6.55. The maximum atomic E-state index is 11.7. The van der Waals surface area contributed by atoms with Gasteiger partial charge >= 0.3 is 0 Å². The van der Waals surface area contributed by atoms with Crippen LogP contribution in [0, 0.1) is 17.8 Å². The van der Waals surface area contributed by atoms with Crippen LogP contribution in [0.4, 0.5) is 0 Å². The van der Waals surface area contributed by atoms with Crippen molar-refractivity contribution in [3.63, 3.8) is 0 Å². The highest BCUT2D eigenvalue weighted by Crippen LogP contribution is 2.38. The van der Waals surface area contributed by atoms with Gasteiger partial charge in [-0.15, -0.1) is 0 Å². The second-order valence-corrected chi connectivity index (χ2v) is 8.49. The largest absolute Gasteiger partial charge is 0.369 e. The van der Waals surface area contributed by atoms with Crippen molar-refractivity contribution in [2.45, 2.75) is 24.0 Å². The van der Waals surface area contributed by atoms with Crippen molar-refractivity contribution in [1.29, 1.82) is 0 Å². The number of fused-ring (bicyclic) bond motifs is 3. The van der Waals surface area contributed by atoms with Gasteiger partial charge in [0.2, 0.25) is 0 Å². The minimum Gasteiger partial charge on any atom is -0.369 e. The van der Waals surface area contributed by atoms with Gasteiger partial charge in [-0.05, 0) is 50.2 Å². The Morgan fingerprint density at radius 1 is 1.00 bits per heavy atom. The van der Waals surface area contributed by atoms with E-state index in [4.69, 9.17) is 27.9 Å². The van der Waals surface area contributed by atoms with Gasteiger partial charge in [0, 0.05) is 40.7 Å². The molecule has 3 fully saturated rings. The van der Waals surface area contributed by atoms with Crippen LogP contribution in [0.3, 0.4) is 0 Å². The van der Waals surface area contributed by atoms with Crippen LogP contribution in [-0.2, 0) is 10.3 Å². The lowest BCUT2D eigenvalue weighted by atomic mass is 9.75. The van der Waals surface area contributed by atoms with Crippen LogP contribution in [0.2, 0.25) is 10.0 Å². The van der Waals surface area contributed by atoms with Gasteiger partial charge in [0.25, 0.3) is 0 Å². The average molecular weight is 416 g/mol. The maximum Gasteiger partial charge on any atom is 0.176 e. The van der Waals surface area contributed by atoms with Gasteiger partial charge in [0.15, 0.2) is 5.60 Å². The molecule has 0 radical (unpaired) electrons. The molecule has 1 N–H and O–H groups in total. The molecule has 1 unspecified atom stereocenters. The van der Waals surface area contributed by atoms with E-state index in [2.05, 4.69) is 16.7 Å². The van der Waals surface area contributed by atoms with E-state index in [9.17, 15) is 5.11 Å². The first-order valence-corrected chi connectivity index (χ1v) is 10.3. The normalized spacial score (nSPS) is 26.6. The molecule has 3 saturated heterocycles. The second kappa shape index (κ2) is 7.71. The van der Waals surface area contributed by atoms with Crippen LogP contribution in [0.5, 0.6) is 0 Å². The topological polar surface area (TPSA) is 32.7 Å². The number of hydrogen-bond acceptors (Lipinski definition) is 3. The van der Waals surface area contributed by atoms with Crippen molar-refractivity contribution < 1.29 is 9.84 Å². The lowest BCUT2D eigenvalue weighted by Gasteiger charge is -2.49. The molecule has 28 heavy (non-hydrogen) atoms. The highest BCUT2D eigenvalue weighted by Gasteiger charge is 2.46. The molecular weight excluding hydrogens is 393 g/mol. The first kappa shape index (κ1) is 19.8. The van der Waals surface area contributed by atoms with Crippen LogP contribution in [0.25, 0.3) is 0 Å². The van der Waals surface area contributed by atoms with Gasteiger partial charge in [-0.2, -0.15) is 0 Å². The maximum absolute atomic E-state index is 11.7. The van der Waals surface area contributed by atoms with Gasteiger partial charge in [-0.25, -0.2) is 0 Å². The Balaban J connectivity index is 1.80. The summed E-state index contributed by atoms with van der Waals surface area (Å²) in [5.41, 5.74) is -0.700. The number of aliphatic hydroxyl groups is 1. The monoisotopic (exact) mass is 415 g/mol. The first-order chi connectivity index (χ1) is 13.4. The third kappa shape index (κ3) is 3.56. The number of nitrogens with zero attached hydrogens (tertiary/aromatic N) is 1. The summed E-state index contributed by atoms with van der Waals surface area (Å²) in [6.45, 7) is 2.96. The number of rotatable bonds is 3. The van der Waals surface area contributed by atoms with Crippen LogP contribution in [0.15, 0.2) is 48.5 Å². The molecule has 3 aliphatic heterocycles. The van der Waals surface area contributed by atoms with Crippen LogP contribution >= 0.6 is 23.2 Å². The fourth-order valence-electron chi connectivity index (χ4n) is 4.33. The molecule has 2 aromatic carbocycles. The van der Waals surface area contributed by atoms with Crippen molar-refractivity contribution in [2.24, 2.45) is 5.92 Å². The SMILES string of the molecule is COC1(C#CC(O)(c2ccc(Cl)cc2)c2ccc(Cl)cc2)CN2CCC1CC2. The standard InChI is InChI=1S/C23H23Cl2NO2/c1-28-22(16-26-14-10-17(22)11-15-26)12-13-23(27,18-2-6-20(24)7-3-18)19-4-8-21(25)9-5-19/h2-9,17,27H,10-11,14-16H2,1H3. The zero-order chi connectivity index (χ0) is 19.8. The van der Waals surface area contributed by atoms with Crippen molar-refractivity contribution in [2.75, 3.05) is 26.7 Å². The lowest BCUT2D eigenvalue weighted by Crippen LogP contribution is -2.59. The van der Waals surface area contributed by atoms with E-state index in [1.165, 1.54) is 0 Å². The zero-order valence-electron chi connectivity index (χ0n) is 15.8. The molecule has 0 spiro atoms. The Bertz CT molecular complexity index is 847. The molecule has 2 aromatic rings. The summed E-state index contributed by atoms with van der Waals surface area (Å²) in [4.78, 5) is 2.39. The van der Waals surface area contributed by atoms with Crippen molar-refractivity contribution in [3.05, 3.63) is 69.7 Å². The number of ether oxygens (including phenoxy) is 1. The molecule has 146 valence electrons. The summed E-state index contributed by atoms with van der Waals surface area (Å²) in [6, 6.07) is 14.3. The average Bonchev–Trinajstić information content (AvgIpc) is 2.74. The molecule has 2 bridgehead atoms. The first-order valence-electron chi connectivity index (χ1n) is 9.51. The summed E-state index contributed by atoms with van der Waals surface area (Å²) < 4.78 is 5.95. The van der Waals surface area contributed by atoms with Gasteiger partial charge in [0.1, 0.15) is 5.60 Å². The number of halogens is 2. The van der Waals surface area contributed by atoms with E-state index in [0.29, 0.717) is 27.1 Å². The molecule has 0 aliphatic carbocycles. The summed E-state index contributed by atoms with van der Waals surface area (Å²) in [5, 5.41) is 12.9. The van der Waals surface area contributed by atoms with E-state index in [0.717, 1.165) is 32.5 Å². The van der Waals surface area contributed by atoms with E-state index in [1.807, 2.05) is 24.3 Å². The third-order valence-electron chi connectivity index (χ3n) is 6.05. The van der Waals surface area contributed by atoms with Gasteiger partial charge in [-0.3, -0.25) is 4.90 Å². The summed E-state index contributed by atoms with van der Waals surface area (Å²) in [5.74, 6) is 6.92. The highest BCUT2D eigenvalue weighted by molar-refractivity contribution is 6.30. The molecule has 0 aromatic heterocycles. The van der Waals surface area contributed by atoms with E-state index in [1.54, 1.807) is 31.4 Å². The smallest absolute Gasteiger partial charge is 0.176 e. The lowest BCUT2D eigenvalue weighted by molar-refractivity contribution is -0.0964. The van der Waals surface area contributed by atoms with Gasteiger partial charge in [-0.1, -0.05) is 59.3 Å². The van der Waals surface area contributed by atoms with Gasteiger partial charge in [0.05, 0.1) is 0 Å². The summed E-state index contributed by atoms with van der Waals surface area (Å²) >= 11 is 12.1. The van der Waals surface area contributed by atoms with Crippen molar-refractivity contribution >= 4 is 23.2 Å². The minimum atomic E-state index is -1.48. The van der Waals surface area contributed by atoms with Crippen molar-refractivity contribution in [3.8, 4) is 11.8 Å². The number of hydrogen-bond donors (Lipinski definition) is 1. The molecule has 0 amide bonds. The molecule has 5 heteroatoms.